The molecule has 2 N–H and O–H groups in total. The Kier molecular flexibility index (Phi) is 4.47. The van der Waals surface area contributed by atoms with Crippen molar-refractivity contribution in [3.8, 4) is 0 Å². The second-order valence-electron chi connectivity index (χ2n) is 5.47. The molecular weight excluding hydrogens is 296 g/mol. The van der Waals surface area contributed by atoms with Crippen molar-refractivity contribution in [1.82, 2.24) is 14.3 Å². The topological polar surface area (TPSA) is 105 Å². The highest BCUT2D eigenvalue weighted by atomic mass is 32.2. The first kappa shape index (κ1) is 16.1. The molecule has 2 rings (SSSR count). The zero-order chi connectivity index (χ0) is 15.7. The van der Waals surface area contributed by atoms with Crippen LogP contribution in [0.5, 0.6) is 0 Å². The second-order valence-corrected chi connectivity index (χ2v) is 7.41. The molecule has 0 radical (unpaired) electrons. The third kappa shape index (κ3) is 3.49. The Balaban J connectivity index is 2.29. The van der Waals surface area contributed by atoms with E-state index in [0.717, 1.165) is 0 Å². The fourth-order valence-corrected chi connectivity index (χ4v) is 3.76. The van der Waals surface area contributed by atoms with E-state index in [1.54, 1.807) is 20.9 Å². The van der Waals surface area contributed by atoms with Gasteiger partial charge in [-0.25, -0.2) is 18.4 Å². The molecule has 21 heavy (non-hydrogen) atoms. The number of rotatable bonds is 4. The minimum absolute atomic E-state index is 0.0240. The minimum Gasteiger partial charge on any atom is -0.394 e. The molecule has 1 aliphatic rings. The van der Waals surface area contributed by atoms with E-state index in [9.17, 15) is 13.5 Å². The lowest BCUT2D eigenvalue weighted by Crippen LogP contribution is -2.55. The van der Waals surface area contributed by atoms with E-state index >= 15 is 0 Å². The third-order valence-electron chi connectivity index (χ3n) is 3.14. The van der Waals surface area contributed by atoms with E-state index in [0.29, 0.717) is 5.95 Å². The zero-order valence-electron chi connectivity index (χ0n) is 12.3. The summed E-state index contributed by atoms with van der Waals surface area (Å²) in [4.78, 5) is 7.87. The van der Waals surface area contributed by atoms with Crippen molar-refractivity contribution in [3.05, 3.63) is 12.4 Å². The highest BCUT2D eigenvalue weighted by molar-refractivity contribution is 7.89. The molecule has 1 unspecified atom stereocenters. The lowest BCUT2D eigenvalue weighted by atomic mass is 10.1. The van der Waals surface area contributed by atoms with Crippen molar-refractivity contribution >= 4 is 16.0 Å². The van der Waals surface area contributed by atoms with Gasteiger partial charge in [-0.05, 0) is 13.8 Å². The maximum Gasteiger partial charge on any atom is 0.246 e. The molecule has 0 amide bonds. The van der Waals surface area contributed by atoms with Crippen LogP contribution in [0.1, 0.15) is 13.8 Å². The minimum atomic E-state index is -3.71. The predicted octanol–water partition coefficient (Wildman–Crippen LogP) is -0.321. The van der Waals surface area contributed by atoms with Crippen molar-refractivity contribution in [1.29, 1.82) is 0 Å². The van der Waals surface area contributed by atoms with E-state index in [1.165, 1.54) is 16.7 Å². The van der Waals surface area contributed by atoms with Crippen molar-refractivity contribution < 1.29 is 18.3 Å². The maximum atomic E-state index is 12.6. The van der Waals surface area contributed by atoms with E-state index in [-0.39, 0.29) is 24.6 Å². The molecule has 0 aliphatic carbocycles. The number of ether oxygens (including phenoxy) is 1. The number of hydrogen-bond acceptors (Lipinski definition) is 7. The van der Waals surface area contributed by atoms with Gasteiger partial charge in [0.25, 0.3) is 0 Å². The van der Waals surface area contributed by atoms with Gasteiger partial charge < -0.3 is 15.2 Å². The standard InChI is InChI=1S/C12H20N4O4S/c1-12(2)8-16(6-9(7-17)20-12)21(18,19)10-4-14-11(13-3)15-5-10/h4-5,9,17H,6-8H2,1-3H3,(H,13,14,15). The van der Waals surface area contributed by atoms with Gasteiger partial charge in [0, 0.05) is 20.1 Å². The summed E-state index contributed by atoms with van der Waals surface area (Å²) >= 11 is 0. The fourth-order valence-electron chi connectivity index (χ4n) is 2.25. The average Bonchev–Trinajstić information content (AvgIpc) is 2.45. The van der Waals surface area contributed by atoms with Gasteiger partial charge >= 0.3 is 0 Å². The van der Waals surface area contributed by atoms with Crippen molar-refractivity contribution in [2.75, 3.05) is 32.1 Å². The van der Waals surface area contributed by atoms with Crippen LogP contribution >= 0.6 is 0 Å². The quantitative estimate of drug-likeness (QED) is 0.784. The molecule has 1 atom stereocenters. The van der Waals surface area contributed by atoms with Crippen LogP contribution in [0.4, 0.5) is 5.95 Å². The van der Waals surface area contributed by atoms with Crippen LogP contribution in [-0.2, 0) is 14.8 Å². The molecule has 0 aromatic carbocycles. The van der Waals surface area contributed by atoms with Crippen molar-refractivity contribution in [3.63, 3.8) is 0 Å². The molecule has 1 saturated heterocycles. The summed E-state index contributed by atoms with van der Waals surface area (Å²) in [5.74, 6) is 0.351. The molecule has 118 valence electrons. The number of aliphatic hydroxyl groups is 1. The number of nitrogens with one attached hydrogen (secondary N) is 1. The van der Waals surface area contributed by atoms with Crippen molar-refractivity contribution in [2.45, 2.75) is 30.4 Å². The van der Waals surface area contributed by atoms with Crippen molar-refractivity contribution in [2.24, 2.45) is 0 Å². The SMILES string of the molecule is CNc1ncc(S(=O)(=O)N2CC(CO)OC(C)(C)C2)cn1. The van der Waals surface area contributed by atoms with Gasteiger partial charge in [0.1, 0.15) is 4.90 Å². The summed E-state index contributed by atoms with van der Waals surface area (Å²) in [7, 11) is -2.06. The summed E-state index contributed by atoms with van der Waals surface area (Å²) in [5.41, 5.74) is -0.662. The zero-order valence-corrected chi connectivity index (χ0v) is 13.1. The Morgan fingerprint density at radius 1 is 1.48 bits per heavy atom. The third-order valence-corrected chi connectivity index (χ3v) is 4.91. The van der Waals surface area contributed by atoms with E-state index in [4.69, 9.17) is 4.74 Å². The molecule has 8 nitrogen and oxygen atoms in total. The Labute approximate surface area is 124 Å². The molecule has 1 aromatic rings. The first-order chi connectivity index (χ1) is 9.78. The second kappa shape index (κ2) is 5.84. The molecular formula is C12H20N4O4S. The van der Waals surface area contributed by atoms with Crippen LogP contribution < -0.4 is 5.32 Å². The number of hydrogen-bond donors (Lipinski definition) is 2. The summed E-state index contributed by atoms with van der Waals surface area (Å²) in [6, 6.07) is 0. The van der Waals surface area contributed by atoms with Gasteiger partial charge in [-0.2, -0.15) is 4.31 Å². The number of nitrogens with zero attached hydrogens (tertiary/aromatic N) is 3. The molecule has 0 bridgehead atoms. The van der Waals surface area contributed by atoms with Crippen LogP contribution in [0.2, 0.25) is 0 Å². The number of morpholine rings is 1. The fraction of sp³-hybridized carbons (Fsp3) is 0.667. The summed E-state index contributed by atoms with van der Waals surface area (Å²) < 4.78 is 32.2. The van der Waals surface area contributed by atoms with Gasteiger partial charge in [0.2, 0.25) is 16.0 Å². The Hall–Kier alpha value is -1.29. The van der Waals surface area contributed by atoms with Gasteiger partial charge in [0.05, 0.1) is 30.7 Å². The molecule has 2 heterocycles. The molecule has 0 spiro atoms. The van der Waals surface area contributed by atoms with Gasteiger partial charge in [-0.1, -0.05) is 0 Å². The lowest BCUT2D eigenvalue weighted by molar-refractivity contribution is -0.131. The summed E-state index contributed by atoms with van der Waals surface area (Å²) in [6.45, 7) is 3.66. The molecule has 9 heteroatoms. The normalized spacial score (nSPS) is 23.0. The van der Waals surface area contributed by atoms with Gasteiger partial charge in [0.15, 0.2) is 0 Å². The highest BCUT2D eigenvalue weighted by Crippen LogP contribution is 2.26. The molecule has 1 aliphatic heterocycles. The number of aliphatic hydroxyl groups excluding tert-OH is 1. The first-order valence-electron chi connectivity index (χ1n) is 6.57. The highest BCUT2D eigenvalue weighted by Gasteiger charge is 2.39. The Bertz CT molecular complexity index is 588. The van der Waals surface area contributed by atoms with Crippen LogP contribution in [0, 0.1) is 0 Å². The molecule has 0 saturated carbocycles. The maximum absolute atomic E-state index is 12.6. The smallest absolute Gasteiger partial charge is 0.246 e. The largest absolute Gasteiger partial charge is 0.394 e. The van der Waals surface area contributed by atoms with E-state index in [2.05, 4.69) is 15.3 Å². The first-order valence-corrected chi connectivity index (χ1v) is 8.01. The van der Waals surface area contributed by atoms with Crippen LogP contribution in [0.3, 0.4) is 0 Å². The lowest BCUT2D eigenvalue weighted by Gasteiger charge is -2.41. The van der Waals surface area contributed by atoms with E-state index < -0.39 is 21.7 Å². The molecule has 1 fully saturated rings. The molecule has 1 aromatic heterocycles. The number of aromatic nitrogens is 2. The predicted molar refractivity (Wildman–Crippen MR) is 76.4 cm³/mol. The summed E-state index contributed by atoms with van der Waals surface area (Å²) in [6.07, 6.45) is 2.00. The van der Waals surface area contributed by atoms with E-state index in [1.807, 2.05) is 0 Å². The summed E-state index contributed by atoms with van der Waals surface area (Å²) in [5, 5.41) is 12.0. The van der Waals surface area contributed by atoms with Crippen LogP contribution in [-0.4, -0.2) is 66.2 Å². The Morgan fingerprint density at radius 3 is 2.62 bits per heavy atom. The van der Waals surface area contributed by atoms with Crippen LogP contribution in [0.15, 0.2) is 17.3 Å². The van der Waals surface area contributed by atoms with Gasteiger partial charge in [-0.15, -0.1) is 0 Å². The monoisotopic (exact) mass is 316 g/mol. The number of anilines is 1. The Morgan fingerprint density at radius 2 is 2.10 bits per heavy atom. The van der Waals surface area contributed by atoms with Gasteiger partial charge in [-0.3, -0.25) is 0 Å². The van der Waals surface area contributed by atoms with Crippen LogP contribution in [0.25, 0.3) is 0 Å². The average molecular weight is 316 g/mol. The number of sulfonamides is 1.